The fourth-order valence-corrected chi connectivity index (χ4v) is 2.75. The van der Waals surface area contributed by atoms with Crippen molar-refractivity contribution >= 4 is 44.9 Å². The van der Waals surface area contributed by atoms with E-state index in [4.69, 9.17) is 5.73 Å². The Balaban J connectivity index is 2.22. The molecule has 0 aliphatic carbocycles. The summed E-state index contributed by atoms with van der Waals surface area (Å²) in [5.74, 6) is -0.433. The summed E-state index contributed by atoms with van der Waals surface area (Å²) in [7, 11) is 0. The Bertz CT molecular complexity index is 646. The molecular formula is C14H14BrN3O3S. The fourth-order valence-electron chi connectivity index (χ4n) is 1.79. The van der Waals surface area contributed by atoms with Gasteiger partial charge in [-0.25, -0.2) is 4.79 Å². The highest BCUT2D eigenvalue weighted by Crippen LogP contribution is 2.22. The van der Waals surface area contributed by atoms with Crippen molar-refractivity contribution in [2.45, 2.75) is 6.54 Å². The molecule has 22 heavy (non-hydrogen) atoms. The number of hydroxylamine groups is 2. The zero-order chi connectivity index (χ0) is 16.1. The lowest BCUT2D eigenvalue weighted by Gasteiger charge is -2.24. The van der Waals surface area contributed by atoms with Gasteiger partial charge in [0.1, 0.15) is 6.54 Å². The second-order valence-corrected chi connectivity index (χ2v) is 6.38. The SMILES string of the molecule is NC(=O)N(O)CC(=O)N(Cc1cccs1)c1ccc(Br)cc1. The topological polar surface area (TPSA) is 86.9 Å². The summed E-state index contributed by atoms with van der Waals surface area (Å²) < 4.78 is 0.890. The average molecular weight is 384 g/mol. The minimum atomic E-state index is -1.07. The van der Waals surface area contributed by atoms with E-state index in [-0.39, 0.29) is 5.06 Å². The molecule has 0 spiro atoms. The Morgan fingerprint density at radius 3 is 2.45 bits per heavy atom. The number of primary amides is 1. The van der Waals surface area contributed by atoms with E-state index in [9.17, 15) is 14.8 Å². The number of hydrogen-bond acceptors (Lipinski definition) is 4. The summed E-state index contributed by atoms with van der Waals surface area (Å²) in [6.07, 6.45) is 0. The van der Waals surface area contributed by atoms with Gasteiger partial charge in [0.2, 0.25) is 5.91 Å². The number of rotatable bonds is 5. The maximum Gasteiger partial charge on any atom is 0.339 e. The summed E-state index contributed by atoms with van der Waals surface area (Å²) in [4.78, 5) is 25.7. The first-order valence-corrected chi connectivity index (χ1v) is 7.99. The lowest BCUT2D eigenvalue weighted by atomic mass is 10.2. The number of nitrogens with two attached hydrogens (primary N) is 1. The largest absolute Gasteiger partial charge is 0.350 e. The molecule has 2 aromatic rings. The third-order valence-electron chi connectivity index (χ3n) is 2.87. The van der Waals surface area contributed by atoms with Crippen molar-refractivity contribution in [1.29, 1.82) is 0 Å². The second-order valence-electron chi connectivity index (χ2n) is 4.43. The number of amides is 3. The molecule has 0 bridgehead atoms. The molecule has 0 aliphatic heterocycles. The quantitative estimate of drug-likeness (QED) is 0.614. The number of thiophene rings is 1. The van der Waals surface area contributed by atoms with Gasteiger partial charge < -0.3 is 10.6 Å². The first-order valence-electron chi connectivity index (χ1n) is 6.31. The number of urea groups is 1. The van der Waals surface area contributed by atoms with Crippen LogP contribution >= 0.6 is 27.3 Å². The maximum absolute atomic E-state index is 12.4. The molecule has 3 N–H and O–H groups in total. The molecule has 8 heteroatoms. The van der Waals surface area contributed by atoms with Crippen LogP contribution in [0.15, 0.2) is 46.3 Å². The molecule has 3 amide bonds. The standard InChI is InChI=1S/C14H14BrN3O3S/c15-10-3-5-11(6-4-10)17(8-12-2-1-7-22-12)13(19)9-18(21)14(16)20/h1-7,21H,8-9H2,(H2,16,20). The van der Waals surface area contributed by atoms with Crippen molar-refractivity contribution in [3.05, 3.63) is 51.1 Å². The number of hydrogen-bond donors (Lipinski definition) is 2. The predicted octanol–water partition coefficient (Wildman–Crippen LogP) is 2.81. The van der Waals surface area contributed by atoms with Crippen molar-refractivity contribution in [2.24, 2.45) is 5.73 Å². The van der Waals surface area contributed by atoms with E-state index in [1.807, 2.05) is 29.6 Å². The van der Waals surface area contributed by atoms with Crippen LogP contribution in [0.5, 0.6) is 0 Å². The van der Waals surface area contributed by atoms with Crippen LogP contribution in [0.1, 0.15) is 4.88 Å². The minimum absolute atomic E-state index is 0.197. The van der Waals surface area contributed by atoms with Crippen LogP contribution < -0.4 is 10.6 Å². The van der Waals surface area contributed by atoms with Gasteiger partial charge in [0.15, 0.2) is 0 Å². The molecule has 0 aliphatic rings. The molecule has 1 aromatic heterocycles. The third kappa shape index (κ3) is 4.30. The van der Waals surface area contributed by atoms with Crippen molar-refractivity contribution in [3.63, 3.8) is 0 Å². The number of nitrogens with zero attached hydrogens (tertiary/aromatic N) is 2. The molecule has 1 aromatic carbocycles. The molecule has 0 fully saturated rings. The Morgan fingerprint density at radius 1 is 1.23 bits per heavy atom. The van der Waals surface area contributed by atoms with Crippen LogP contribution in [0.4, 0.5) is 10.5 Å². The molecule has 0 unspecified atom stereocenters. The summed E-state index contributed by atoms with van der Waals surface area (Å²) in [6, 6.07) is 9.92. The number of carbonyl (C=O) groups is 2. The van der Waals surface area contributed by atoms with Gasteiger partial charge in [-0.15, -0.1) is 11.3 Å². The highest BCUT2D eigenvalue weighted by molar-refractivity contribution is 9.10. The molecule has 2 rings (SSSR count). The lowest BCUT2D eigenvalue weighted by Crippen LogP contribution is -2.43. The van der Waals surface area contributed by atoms with E-state index in [2.05, 4.69) is 15.9 Å². The summed E-state index contributed by atoms with van der Waals surface area (Å²) in [5, 5.41) is 11.5. The van der Waals surface area contributed by atoms with E-state index in [0.29, 0.717) is 12.2 Å². The molecule has 6 nitrogen and oxygen atoms in total. The number of benzene rings is 1. The number of carbonyl (C=O) groups excluding carboxylic acids is 2. The smallest absolute Gasteiger partial charge is 0.339 e. The van der Waals surface area contributed by atoms with Gasteiger partial charge in [-0.1, -0.05) is 22.0 Å². The van der Waals surface area contributed by atoms with Crippen LogP contribution in [0, 0.1) is 0 Å². The van der Waals surface area contributed by atoms with Crippen molar-refractivity contribution in [3.8, 4) is 0 Å². The summed E-state index contributed by atoms with van der Waals surface area (Å²) >= 11 is 4.86. The van der Waals surface area contributed by atoms with Crippen LogP contribution in [-0.4, -0.2) is 28.8 Å². The Hall–Kier alpha value is -1.90. The maximum atomic E-state index is 12.4. The van der Waals surface area contributed by atoms with Gasteiger partial charge in [0.25, 0.3) is 0 Å². The molecule has 0 saturated carbocycles. The van der Waals surface area contributed by atoms with E-state index in [0.717, 1.165) is 9.35 Å². The van der Waals surface area contributed by atoms with Gasteiger partial charge in [0.05, 0.1) is 6.54 Å². The third-order valence-corrected chi connectivity index (χ3v) is 4.26. The van der Waals surface area contributed by atoms with Gasteiger partial charge in [0, 0.05) is 15.0 Å². The lowest BCUT2D eigenvalue weighted by molar-refractivity contribution is -0.127. The molecule has 0 radical (unpaired) electrons. The van der Waals surface area contributed by atoms with Crippen molar-refractivity contribution in [2.75, 3.05) is 11.4 Å². The monoisotopic (exact) mass is 383 g/mol. The zero-order valence-electron chi connectivity index (χ0n) is 11.5. The van der Waals surface area contributed by atoms with Crippen LogP contribution in [0.3, 0.4) is 0 Å². The van der Waals surface area contributed by atoms with Gasteiger partial charge in [-0.3, -0.25) is 10.0 Å². The highest BCUT2D eigenvalue weighted by Gasteiger charge is 2.20. The summed E-state index contributed by atoms with van der Waals surface area (Å²) in [5.41, 5.74) is 5.61. The zero-order valence-corrected chi connectivity index (χ0v) is 13.9. The van der Waals surface area contributed by atoms with Gasteiger partial charge >= 0.3 is 6.03 Å². The molecular weight excluding hydrogens is 370 g/mol. The predicted molar refractivity (Wildman–Crippen MR) is 87.7 cm³/mol. The van der Waals surface area contributed by atoms with Crippen LogP contribution in [0.2, 0.25) is 0 Å². The Labute approximate surface area is 139 Å². The average Bonchev–Trinajstić information content (AvgIpc) is 2.98. The Morgan fingerprint density at radius 2 is 1.91 bits per heavy atom. The van der Waals surface area contributed by atoms with Crippen molar-refractivity contribution in [1.82, 2.24) is 5.06 Å². The molecule has 0 saturated heterocycles. The molecule has 116 valence electrons. The number of anilines is 1. The first-order chi connectivity index (χ1) is 10.5. The van der Waals surface area contributed by atoms with Gasteiger partial charge in [-0.2, -0.15) is 5.06 Å². The van der Waals surface area contributed by atoms with Gasteiger partial charge in [-0.05, 0) is 35.7 Å². The second kappa shape index (κ2) is 7.39. The normalized spacial score (nSPS) is 10.3. The molecule has 0 atom stereocenters. The van der Waals surface area contributed by atoms with Crippen LogP contribution in [0.25, 0.3) is 0 Å². The minimum Gasteiger partial charge on any atom is -0.350 e. The molecule has 1 heterocycles. The van der Waals surface area contributed by atoms with E-state index < -0.39 is 18.5 Å². The Kier molecular flexibility index (Phi) is 5.53. The summed E-state index contributed by atoms with van der Waals surface area (Å²) in [6.45, 7) is -0.151. The first kappa shape index (κ1) is 16.5. The van der Waals surface area contributed by atoms with Crippen molar-refractivity contribution < 1.29 is 14.8 Å². The van der Waals surface area contributed by atoms with E-state index in [1.54, 1.807) is 12.1 Å². The van der Waals surface area contributed by atoms with E-state index in [1.165, 1.54) is 16.2 Å². The fraction of sp³-hybridized carbons (Fsp3) is 0.143. The highest BCUT2D eigenvalue weighted by atomic mass is 79.9. The van der Waals surface area contributed by atoms with E-state index >= 15 is 0 Å². The van der Waals surface area contributed by atoms with Crippen LogP contribution in [-0.2, 0) is 11.3 Å². The number of halogens is 1.